The minimum absolute atomic E-state index is 0.267. The first kappa shape index (κ1) is 16.3. The summed E-state index contributed by atoms with van der Waals surface area (Å²) in [6.07, 6.45) is 4.90. The Kier molecular flexibility index (Phi) is 4.71. The van der Waals surface area contributed by atoms with Gasteiger partial charge in [-0.2, -0.15) is 5.10 Å². The van der Waals surface area contributed by atoms with E-state index >= 15 is 0 Å². The lowest BCUT2D eigenvalue weighted by molar-refractivity contribution is -0.123. The van der Waals surface area contributed by atoms with Crippen molar-refractivity contribution in [3.63, 3.8) is 0 Å². The van der Waals surface area contributed by atoms with Crippen LogP contribution in [0.3, 0.4) is 0 Å². The number of piperidine rings is 1. The highest BCUT2D eigenvalue weighted by Gasteiger charge is 2.27. The van der Waals surface area contributed by atoms with E-state index in [9.17, 15) is 9.59 Å². The van der Waals surface area contributed by atoms with Crippen LogP contribution in [0.1, 0.15) is 12.8 Å². The van der Waals surface area contributed by atoms with Crippen molar-refractivity contribution in [2.24, 2.45) is 11.7 Å². The number of nitrogens with zero attached hydrogens (tertiary/aromatic N) is 3. The van der Waals surface area contributed by atoms with Gasteiger partial charge in [0.15, 0.2) is 0 Å². The number of nitrogens with two attached hydrogens (primary N) is 1. The molecule has 1 fully saturated rings. The van der Waals surface area contributed by atoms with Gasteiger partial charge in [-0.25, -0.2) is 9.48 Å². The molecule has 24 heavy (non-hydrogen) atoms. The summed E-state index contributed by atoms with van der Waals surface area (Å²) in [5.41, 5.74) is 6.63. The molecule has 1 aliphatic heterocycles. The number of carbonyl (C=O) groups excluding carboxylic acids is 2. The molecule has 1 atom stereocenters. The maximum Gasteiger partial charge on any atom is 0.321 e. The molecule has 1 aromatic heterocycles. The van der Waals surface area contributed by atoms with Gasteiger partial charge in [-0.05, 0) is 37.1 Å². The lowest BCUT2D eigenvalue weighted by atomic mass is 9.98. The van der Waals surface area contributed by atoms with E-state index in [0.29, 0.717) is 29.5 Å². The number of amides is 3. The molecule has 8 heteroatoms. The van der Waals surface area contributed by atoms with Crippen LogP contribution in [0.25, 0.3) is 5.69 Å². The summed E-state index contributed by atoms with van der Waals surface area (Å²) in [4.78, 5) is 25.5. The zero-order chi connectivity index (χ0) is 17.1. The van der Waals surface area contributed by atoms with Crippen LogP contribution >= 0.6 is 11.6 Å². The molecule has 0 spiro atoms. The monoisotopic (exact) mass is 347 g/mol. The van der Waals surface area contributed by atoms with Crippen LogP contribution < -0.4 is 11.1 Å². The normalized spacial score (nSPS) is 17.5. The highest BCUT2D eigenvalue weighted by atomic mass is 35.5. The van der Waals surface area contributed by atoms with Gasteiger partial charge >= 0.3 is 6.03 Å². The average molecular weight is 348 g/mol. The van der Waals surface area contributed by atoms with E-state index in [2.05, 4.69) is 10.4 Å². The van der Waals surface area contributed by atoms with E-state index in [1.54, 1.807) is 46.2 Å². The van der Waals surface area contributed by atoms with Gasteiger partial charge in [0.2, 0.25) is 5.91 Å². The fraction of sp³-hybridized carbons (Fsp3) is 0.312. The summed E-state index contributed by atoms with van der Waals surface area (Å²) < 4.78 is 1.63. The molecule has 3 rings (SSSR count). The quantitative estimate of drug-likeness (QED) is 0.891. The molecule has 0 unspecified atom stereocenters. The summed E-state index contributed by atoms with van der Waals surface area (Å²) >= 11 is 6.06. The summed E-state index contributed by atoms with van der Waals surface area (Å²) in [7, 11) is 0. The number of urea groups is 1. The van der Waals surface area contributed by atoms with Crippen molar-refractivity contribution in [1.82, 2.24) is 14.7 Å². The van der Waals surface area contributed by atoms with Crippen LogP contribution in [0, 0.1) is 5.92 Å². The Morgan fingerprint density at radius 3 is 2.92 bits per heavy atom. The van der Waals surface area contributed by atoms with E-state index in [1.807, 2.05) is 0 Å². The number of aromatic nitrogens is 2. The van der Waals surface area contributed by atoms with Crippen LogP contribution in [0.2, 0.25) is 5.02 Å². The number of primary amides is 1. The van der Waals surface area contributed by atoms with Crippen LogP contribution in [-0.2, 0) is 4.79 Å². The molecule has 1 aromatic carbocycles. The Bertz CT molecular complexity index is 747. The minimum Gasteiger partial charge on any atom is -0.369 e. The number of halogens is 1. The number of benzene rings is 1. The van der Waals surface area contributed by atoms with Crippen molar-refractivity contribution < 1.29 is 9.59 Å². The number of hydrogen-bond donors (Lipinski definition) is 2. The number of likely N-dealkylation sites (tertiary alicyclic amines) is 1. The number of hydrogen-bond acceptors (Lipinski definition) is 3. The third-order valence-electron chi connectivity index (χ3n) is 4.06. The molecule has 3 N–H and O–H groups in total. The number of anilines is 1. The van der Waals surface area contributed by atoms with E-state index in [1.165, 1.54) is 0 Å². The number of nitrogens with one attached hydrogen (secondary N) is 1. The second-order valence-corrected chi connectivity index (χ2v) is 6.17. The Labute approximate surface area is 144 Å². The van der Waals surface area contributed by atoms with Crippen molar-refractivity contribution >= 4 is 29.2 Å². The highest BCUT2D eigenvalue weighted by Crippen LogP contribution is 2.25. The van der Waals surface area contributed by atoms with Gasteiger partial charge in [0.05, 0.1) is 17.3 Å². The zero-order valence-corrected chi connectivity index (χ0v) is 13.7. The number of rotatable bonds is 3. The molecular weight excluding hydrogens is 330 g/mol. The Morgan fingerprint density at radius 2 is 2.21 bits per heavy atom. The van der Waals surface area contributed by atoms with Crippen molar-refractivity contribution in [3.8, 4) is 5.69 Å². The van der Waals surface area contributed by atoms with Gasteiger partial charge in [-0.3, -0.25) is 4.79 Å². The minimum atomic E-state index is -0.365. The maximum atomic E-state index is 12.5. The third kappa shape index (κ3) is 3.51. The molecule has 0 bridgehead atoms. The molecule has 0 saturated carbocycles. The summed E-state index contributed by atoms with van der Waals surface area (Å²) in [5, 5.41) is 7.59. The van der Waals surface area contributed by atoms with E-state index in [0.717, 1.165) is 12.8 Å². The molecule has 1 saturated heterocycles. The summed E-state index contributed by atoms with van der Waals surface area (Å²) in [6.45, 7) is 0.937. The van der Waals surface area contributed by atoms with Crippen LogP contribution in [0.5, 0.6) is 0 Å². The lowest BCUT2D eigenvalue weighted by Crippen LogP contribution is -2.45. The zero-order valence-electron chi connectivity index (χ0n) is 13.0. The molecule has 1 aliphatic rings. The fourth-order valence-electron chi connectivity index (χ4n) is 2.80. The van der Waals surface area contributed by atoms with E-state index in [-0.39, 0.29) is 17.9 Å². The van der Waals surface area contributed by atoms with Crippen molar-refractivity contribution in [3.05, 3.63) is 41.7 Å². The molecular formula is C16H18ClN5O2. The topological polar surface area (TPSA) is 93.3 Å². The molecule has 2 heterocycles. The molecule has 3 amide bonds. The number of carbonyl (C=O) groups is 2. The first-order chi connectivity index (χ1) is 11.5. The predicted molar refractivity (Wildman–Crippen MR) is 91.1 cm³/mol. The second-order valence-electron chi connectivity index (χ2n) is 5.73. The SMILES string of the molecule is NC(=O)[C@@H]1CCCN(C(=O)Nc2ccc(Cl)cc2-n2cccn2)C1. The van der Waals surface area contributed by atoms with Crippen LogP contribution in [0.15, 0.2) is 36.7 Å². The average Bonchev–Trinajstić information content (AvgIpc) is 3.11. The van der Waals surface area contributed by atoms with Gasteiger partial charge in [0.1, 0.15) is 0 Å². The summed E-state index contributed by atoms with van der Waals surface area (Å²) in [6, 6.07) is 6.68. The second kappa shape index (κ2) is 6.92. The van der Waals surface area contributed by atoms with Gasteiger partial charge in [0, 0.05) is 30.5 Å². The molecule has 2 aromatic rings. The van der Waals surface area contributed by atoms with Crippen LogP contribution in [-0.4, -0.2) is 39.7 Å². The molecule has 0 radical (unpaired) electrons. The van der Waals surface area contributed by atoms with Crippen molar-refractivity contribution in [2.75, 3.05) is 18.4 Å². The fourth-order valence-corrected chi connectivity index (χ4v) is 2.97. The van der Waals surface area contributed by atoms with E-state index in [4.69, 9.17) is 17.3 Å². The Balaban J connectivity index is 1.78. The van der Waals surface area contributed by atoms with Crippen molar-refractivity contribution in [2.45, 2.75) is 12.8 Å². The Hall–Kier alpha value is -2.54. The lowest BCUT2D eigenvalue weighted by Gasteiger charge is -2.31. The van der Waals surface area contributed by atoms with Crippen molar-refractivity contribution in [1.29, 1.82) is 0 Å². The molecule has 0 aliphatic carbocycles. The molecule has 7 nitrogen and oxygen atoms in total. The Morgan fingerprint density at radius 1 is 1.38 bits per heavy atom. The maximum absolute atomic E-state index is 12.5. The van der Waals surface area contributed by atoms with Gasteiger partial charge < -0.3 is 16.0 Å². The van der Waals surface area contributed by atoms with E-state index < -0.39 is 0 Å². The first-order valence-corrected chi connectivity index (χ1v) is 8.07. The highest BCUT2D eigenvalue weighted by molar-refractivity contribution is 6.30. The third-order valence-corrected chi connectivity index (χ3v) is 4.30. The van der Waals surface area contributed by atoms with Gasteiger partial charge in [-0.15, -0.1) is 0 Å². The van der Waals surface area contributed by atoms with Crippen LogP contribution in [0.4, 0.5) is 10.5 Å². The van der Waals surface area contributed by atoms with Gasteiger partial charge in [-0.1, -0.05) is 11.6 Å². The predicted octanol–water partition coefficient (Wildman–Crippen LogP) is 2.25. The largest absolute Gasteiger partial charge is 0.369 e. The standard InChI is InChI=1S/C16H18ClN5O2/c17-12-4-5-13(14(9-12)22-8-2-6-19-22)20-16(24)21-7-1-3-11(10-21)15(18)23/h2,4-6,8-9,11H,1,3,7,10H2,(H2,18,23)(H,20,24)/t11-/m1/s1. The van der Waals surface area contributed by atoms with Gasteiger partial charge in [0.25, 0.3) is 0 Å². The molecule has 126 valence electrons. The first-order valence-electron chi connectivity index (χ1n) is 7.69. The summed E-state index contributed by atoms with van der Waals surface area (Å²) in [5.74, 6) is -0.656. The smallest absolute Gasteiger partial charge is 0.321 e.